The van der Waals surface area contributed by atoms with E-state index in [0.29, 0.717) is 43.6 Å². The molecule has 0 saturated carbocycles. The highest BCUT2D eigenvalue weighted by atomic mass is 19.4. The van der Waals surface area contributed by atoms with Crippen molar-refractivity contribution >= 4 is 46.6 Å². The number of nitrogens with zero attached hydrogens (tertiary/aromatic N) is 2. The van der Waals surface area contributed by atoms with Gasteiger partial charge in [-0.15, -0.1) is 0 Å². The molecule has 52 heavy (non-hydrogen) atoms. The van der Waals surface area contributed by atoms with Crippen LogP contribution < -0.4 is 22.1 Å². The SMILES string of the molecule is NCCC[C@H](N)C(=O)N[C@H](CCc1ccccc1)C(=O)Nc1cnc2ccccc2n1.O=C(O)C(F)(F)F.O=C(O)C(F)(F)F.O=C(O)C(F)(F)F. The zero-order valence-electron chi connectivity index (χ0n) is 26.3. The van der Waals surface area contributed by atoms with Crippen LogP contribution >= 0.6 is 0 Å². The third-order valence-corrected chi connectivity index (χ3v) is 5.68. The lowest BCUT2D eigenvalue weighted by atomic mass is 10.0. The zero-order chi connectivity index (χ0) is 40.3. The van der Waals surface area contributed by atoms with Gasteiger partial charge in [-0.1, -0.05) is 42.5 Å². The Morgan fingerprint density at radius 3 is 1.58 bits per heavy atom. The average Bonchev–Trinajstić information content (AvgIpc) is 3.05. The van der Waals surface area contributed by atoms with E-state index in [9.17, 15) is 49.1 Å². The lowest BCUT2D eigenvalue weighted by Crippen LogP contribution is -2.50. The molecule has 0 fully saturated rings. The Kier molecular flexibility index (Phi) is 19.3. The number of carbonyl (C=O) groups is 5. The maximum atomic E-state index is 13.0. The van der Waals surface area contributed by atoms with Crippen molar-refractivity contribution in [3.63, 3.8) is 0 Å². The van der Waals surface area contributed by atoms with Gasteiger partial charge in [-0.25, -0.2) is 19.4 Å². The largest absolute Gasteiger partial charge is 0.490 e. The van der Waals surface area contributed by atoms with Crippen LogP contribution in [0.2, 0.25) is 0 Å². The van der Waals surface area contributed by atoms with Gasteiger partial charge >= 0.3 is 36.4 Å². The van der Waals surface area contributed by atoms with Crippen LogP contribution in [0.25, 0.3) is 11.0 Å². The van der Waals surface area contributed by atoms with Crippen LogP contribution in [0.1, 0.15) is 24.8 Å². The number of nitrogens with one attached hydrogen (secondary N) is 2. The van der Waals surface area contributed by atoms with Crippen molar-refractivity contribution < 1.29 is 78.8 Å². The minimum absolute atomic E-state index is 0.329. The summed E-state index contributed by atoms with van der Waals surface area (Å²) in [6, 6.07) is 15.7. The molecule has 2 aromatic carbocycles. The van der Waals surface area contributed by atoms with E-state index in [0.717, 1.165) is 11.1 Å². The first kappa shape index (κ1) is 46.4. The highest BCUT2D eigenvalue weighted by molar-refractivity contribution is 5.97. The minimum Gasteiger partial charge on any atom is -0.475 e. The number of nitrogens with two attached hydrogens (primary N) is 2. The van der Waals surface area contributed by atoms with E-state index in [-0.39, 0.29) is 11.8 Å². The van der Waals surface area contributed by atoms with Crippen molar-refractivity contribution in [3.8, 4) is 0 Å². The molecule has 9 N–H and O–H groups in total. The van der Waals surface area contributed by atoms with Gasteiger partial charge in [-0.3, -0.25) is 14.6 Å². The van der Waals surface area contributed by atoms with E-state index in [2.05, 4.69) is 20.6 Å². The second-order valence-electron chi connectivity index (χ2n) is 9.76. The Morgan fingerprint density at radius 1 is 0.692 bits per heavy atom. The maximum absolute atomic E-state index is 13.0. The Bertz CT molecular complexity index is 1550. The average molecular weight is 763 g/mol. The van der Waals surface area contributed by atoms with Crippen LogP contribution in [0.4, 0.5) is 45.3 Å². The second kappa shape index (κ2) is 21.6. The third kappa shape index (κ3) is 19.6. The fraction of sp³-hybridized carbons (Fsp3) is 0.345. The van der Waals surface area contributed by atoms with Crippen LogP contribution in [0, 0.1) is 0 Å². The third-order valence-electron chi connectivity index (χ3n) is 5.68. The molecule has 1 aromatic heterocycles. The molecule has 3 rings (SSSR count). The van der Waals surface area contributed by atoms with Gasteiger partial charge in [0.2, 0.25) is 11.8 Å². The molecule has 0 radical (unpaired) electrons. The monoisotopic (exact) mass is 762 g/mol. The molecule has 0 saturated heterocycles. The van der Waals surface area contributed by atoms with Gasteiger partial charge in [-0.2, -0.15) is 39.5 Å². The van der Waals surface area contributed by atoms with E-state index in [4.69, 9.17) is 41.2 Å². The second-order valence-corrected chi connectivity index (χ2v) is 9.76. The van der Waals surface area contributed by atoms with E-state index in [1.165, 1.54) is 6.20 Å². The number of para-hydroxylation sites is 2. The quantitative estimate of drug-likeness (QED) is 0.146. The van der Waals surface area contributed by atoms with Gasteiger partial charge < -0.3 is 37.4 Å². The molecule has 2 atom stereocenters. The number of benzene rings is 2. The Balaban J connectivity index is 0.00000101. The number of carboxylic acid groups (broad SMARTS) is 3. The predicted molar refractivity (Wildman–Crippen MR) is 162 cm³/mol. The number of alkyl halides is 9. The van der Waals surface area contributed by atoms with Gasteiger partial charge in [0, 0.05) is 0 Å². The topological polar surface area (TPSA) is 248 Å². The van der Waals surface area contributed by atoms with Crippen molar-refractivity contribution in [2.45, 2.75) is 56.3 Å². The number of hydrogen-bond acceptors (Lipinski definition) is 9. The Hall–Kier alpha value is -5.58. The van der Waals surface area contributed by atoms with Crippen molar-refractivity contribution in [2.75, 3.05) is 11.9 Å². The molecule has 1 heterocycles. The van der Waals surface area contributed by atoms with Crippen LogP contribution in [-0.4, -0.2) is 92.2 Å². The molecule has 23 heteroatoms. The van der Waals surface area contributed by atoms with Crippen molar-refractivity contribution in [1.29, 1.82) is 0 Å². The summed E-state index contributed by atoms with van der Waals surface area (Å²) < 4.78 is 95.2. The molecule has 0 aliphatic heterocycles. The summed E-state index contributed by atoms with van der Waals surface area (Å²) in [7, 11) is 0. The number of amides is 2. The number of halogens is 9. The highest BCUT2D eigenvalue weighted by Crippen LogP contribution is 2.15. The number of fused-ring (bicyclic) bond motifs is 1. The number of carboxylic acids is 3. The molecule has 288 valence electrons. The fourth-order valence-corrected chi connectivity index (χ4v) is 3.20. The number of aromatic nitrogens is 2. The number of anilines is 1. The molecule has 2 amide bonds. The molecule has 0 bridgehead atoms. The molecule has 3 aromatic rings. The van der Waals surface area contributed by atoms with Gasteiger partial charge in [0.25, 0.3) is 0 Å². The van der Waals surface area contributed by atoms with Gasteiger partial charge in [-0.05, 0) is 49.9 Å². The zero-order valence-corrected chi connectivity index (χ0v) is 26.3. The summed E-state index contributed by atoms with van der Waals surface area (Å²) in [4.78, 5) is 60.9. The Labute approximate surface area is 287 Å². The first-order valence-corrected chi connectivity index (χ1v) is 14.1. The normalized spacial score (nSPS) is 12.2. The van der Waals surface area contributed by atoms with Crippen LogP contribution in [0.5, 0.6) is 0 Å². The first-order chi connectivity index (χ1) is 23.9. The van der Waals surface area contributed by atoms with Crippen LogP contribution in [0.3, 0.4) is 0 Å². The molecule has 0 aliphatic carbocycles. The number of hydrogen-bond donors (Lipinski definition) is 7. The predicted octanol–water partition coefficient (Wildman–Crippen LogP) is 3.65. The summed E-state index contributed by atoms with van der Waals surface area (Å²) in [5.74, 6) is -8.67. The highest BCUT2D eigenvalue weighted by Gasteiger charge is 2.39. The molecule has 14 nitrogen and oxygen atoms in total. The summed E-state index contributed by atoms with van der Waals surface area (Å²) in [5, 5.41) is 26.9. The van der Waals surface area contributed by atoms with Crippen molar-refractivity contribution in [3.05, 3.63) is 66.4 Å². The number of aliphatic carboxylic acids is 3. The van der Waals surface area contributed by atoms with E-state index >= 15 is 0 Å². The smallest absolute Gasteiger partial charge is 0.475 e. The summed E-state index contributed by atoms with van der Waals surface area (Å²) in [5.41, 5.74) is 13.9. The molecule has 0 spiro atoms. The van der Waals surface area contributed by atoms with Crippen LogP contribution in [0.15, 0.2) is 60.8 Å². The number of carbonyl (C=O) groups excluding carboxylic acids is 2. The molecular formula is C29H31F9N6O8. The lowest BCUT2D eigenvalue weighted by molar-refractivity contribution is -0.193. The van der Waals surface area contributed by atoms with Gasteiger partial charge in [0.15, 0.2) is 5.82 Å². The summed E-state index contributed by atoms with van der Waals surface area (Å²) in [6.45, 7) is 0.458. The van der Waals surface area contributed by atoms with Crippen LogP contribution in [-0.2, 0) is 30.4 Å². The first-order valence-electron chi connectivity index (χ1n) is 14.1. The fourth-order valence-electron chi connectivity index (χ4n) is 3.20. The number of aryl methyl sites for hydroxylation is 1. The molecule has 0 aliphatic rings. The van der Waals surface area contributed by atoms with Crippen molar-refractivity contribution in [1.82, 2.24) is 15.3 Å². The maximum Gasteiger partial charge on any atom is 0.490 e. The summed E-state index contributed by atoms with van der Waals surface area (Å²) in [6.07, 6.45) is -11.6. The van der Waals surface area contributed by atoms with Gasteiger partial charge in [0.05, 0.1) is 23.3 Å². The van der Waals surface area contributed by atoms with Crippen molar-refractivity contribution in [2.24, 2.45) is 11.5 Å². The van der Waals surface area contributed by atoms with E-state index in [1.807, 2.05) is 54.6 Å². The lowest BCUT2D eigenvalue weighted by Gasteiger charge is -2.20. The number of rotatable bonds is 10. The van der Waals surface area contributed by atoms with Gasteiger partial charge in [0.1, 0.15) is 6.04 Å². The van der Waals surface area contributed by atoms with E-state index in [1.54, 1.807) is 0 Å². The summed E-state index contributed by atoms with van der Waals surface area (Å²) >= 11 is 0. The molecule has 0 unspecified atom stereocenters. The minimum atomic E-state index is -5.08. The standard InChI is InChI=1S/C23H28N6O2.3C2HF3O2/c24-14-6-9-17(25)22(30)28-20(13-12-16-7-2-1-3-8-16)23(31)29-21-15-26-18-10-4-5-11-19(18)27-21;3*3-2(4,5)1(6)7/h1-5,7-8,10-11,15,17,20H,6,9,12-14,24-25H2,(H,28,30)(H,27,29,31);3*(H,6,7)/t17-,20+;;;/m0.../s1. The Morgan fingerprint density at radius 2 is 1.13 bits per heavy atom. The molecular weight excluding hydrogens is 731 g/mol. The van der Waals surface area contributed by atoms with E-state index < -0.39 is 48.5 Å².